The second kappa shape index (κ2) is 6.13. The fourth-order valence-corrected chi connectivity index (χ4v) is 3.40. The molecule has 3 rings (SSSR count). The highest BCUT2D eigenvalue weighted by atomic mass is 16.5. The zero-order valence-corrected chi connectivity index (χ0v) is 13.9. The van der Waals surface area contributed by atoms with Gasteiger partial charge in [0.05, 0.1) is 25.9 Å². The van der Waals surface area contributed by atoms with Gasteiger partial charge in [0.2, 0.25) is 0 Å². The Morgan fingerprint density at radius 3 is 2.26 bits per heavy atom. The summed E-state index contributed by atoms with van der Waals surface area (Å²) in [5, 5.41) is 10.7. The lowest BCUT2D eigenvalue weighted by Crippen LogP contribution is -2.21. The zero-order chi connectivity index (χ0) is 16.6. The maximum Gasteiger partial charge on any atom is 0.136 e. The summed E-state index contributed by atoms with van der Waals surface area (Å²) in [6, 6.07) is 9.95. The molecule has 0 fully saturated rings. The standard InChI is InChI=1S/C19H22O4/c1-11-17(21-3)12(2)19-16(18(11)22-4)14(20)10-15(23-19)13-8-6-5-7-9-13/h5-9,14-15,20H,10H2,1-4H3. The molecule has 1 heterocycles. The number of fused-ring (bicyclic) bond motifs is 1. The molecule has 1 aliphatic heterocycles. The number of rotatable bonds is 3. The van der Waals surface area contributed by atoms with Gasteiger partial charge in [0.15, 0.2) is 0 Å². The average molecular weight is 314 g/mol. The number of benzene rings is 2. The van der Waals surface area contributed by atoms with Crippen LogP contribution >= 0.6 is 0 Å². The first-order valence-corrected chi connectivity index (χ1v) is 7.73. The van der Waals surface area contributed by atoms with E-state index in [1.165, 1.54) is 0 Å². The minimum absolute atomic E-state index is 0.186. The lowest BCUT2D eigenvalue weighted by Gasteiger charge is -2.33. The smallest absolute Gasteiger partial charge is 0.136 e. The number of aliphatic hydroxyl groups is 1. The lowest BCUT2D eigenvalue weighted by molar-refractivity contribution is 0.0621. The first-order chi connectivity index (χ1) is 11.1. The second-order valence-electron chi connectivity index (χ2n) is 5.83. The van der Waals surface area contributed by atoms with Crippen LogP contribution in [0.25, 0.3) is 0 Å². The van der Waals surface area contributed by atoms with Crippen LogP contribution in [0.2, 0.25) is 0 Å². The highest BCUT2D eigenvalue weighted by molar-refractivity contribution is 5.63. The van der Waals surface area contributed by atoms with Crippen LogP contribution in [0.5, 0.6) is 17.2 Å². The molecule has 23 heavy (non-hydrogen) atoms. The number of hydrogen-bond donors (Lipinski definition) is 1. The van der Waals surface area contributed by atoms with Crippen LogP contribution < -0.4 is 14.2 Å². The highest BCUT2D eigenvalue weighted by Gasteiger charge is 2.34. The Labute approximate surface area is 136 Å². The Bertz CT molecular complexity index is 709. The molecule has 2 aromatic carbocycles. The molecule has 4 heteroatoms. The fraction of sp³-hybridized carbons (Fsp3) is 0.368. The molecule has 0 aromatic heterocycles. The monoisotopic (exact) mass is 314 g/mol. The van der Waals surface area contributed by atoms with E-state index in [2.05, 4.69) is 0 Å². The molecule has 2 unspecified atom stereocenters. The Morgan fingerprint density at radius 1 is 1.00 bits per heavy atom. The van der Waals surface area contributed by atoms with E-state index in [1.54, 1.807) is 14.2 Å². The molecule has 1 aliphatic rings. The van der Waals surface area contributed by atoms with E-state index in [1.807, 2.05) is 44.2 Å². The zero-order valence-electron chi connectivity index (χ0n) is 13.9. The second-order valence-corrected chi connectivity index (χ2v) is 5.83. The molecule has 2 aromatic rings. The number of hydrogen-bond acceptors (Lipinski definition) is 4. The van der Waals surface area contributed by atoms with Crippen LogP contribution in [0, 0.1) is 13.8 Å². The summed E-state index contributed by atoms with van der Waals surface area (Å²) in [5.41, 5.74) is 3.54. The quantitative estimate of drug-likeness (QED) is 0.934. The third kappa shape index (κ3) is 2.53. The van der Waals surface area contributed by atoms with Crippen LogP contribution in [-0.2, 0) is 0 Å². The van der Waals surface area contributed by atoms with Gasteiger partial charge < -0.3 is 19.3 Å². The van der Waals surface area contributed by atoms with Crippen molar-refractivity contribution in [2.45, 2.75) is 32.5 Å². The molecule has 0 radical (unpaired) electrons. The van der Waals surface area contributed by atoms with Gasteiger partial charge in [-0.25, -0.2) is 0 Å². The van der Waals surface area contributed by atoms with Crippen LogP contribution in [-0.4, -0.2) is 19.3 Å². The van der Waals surface area contributed by atoms with Crippen LogP contribution in [0.3, 0.4) is 0 Å². The van der Waals surface area contributed by atoms with Gasteiger partial charge in [-0.1, -0.05) is 30.3 Å². The topological polar surface area (TPSA) is 47.9 Å². The minimum atomic E-state index is -0.637. The third-order valence-electron chi connectivity index (χ3n) is 4.46. The first kappa shape index (κ1) is 15.7. The van der Waals surface area contributed by atoms with Crippen molar-refractivity contribution in [3.63, 3.8) is 0 Å². The van der Waals surface area contributed by atoms with E-state index in [-0.39, 0.29) is 6.10 Å². The van der Waals surface area contributed by atoms with Gasteiger partial charge in [0, 0.05) is 17.5 Å². The Kier molecular flexibility index (Phi) is 4.18. The van der Waals surface area contributed by atoms with Gasteiger partial charge in [0.1, 0.15) is 23.4 Å². The Balaban J connectivity index is 2.14. The van der Waals surface area contributed by atoms with Crippen molar-refractivity contribution >= 4 is 0 Å². The van der Waals surface area contributed by atoms with Gasteiger partial charge in [-0.3, -0.25) is 0 Å². The van der Waals surface area contributed by atoms with Crippen molar-refractivity contribution in [3.05, 3.63) is 52.6 Å². The summed E-state index contributed by atoms with van der Waals surface area (Å²) in [5.74, 6) is 2.04. The molecule has 0 bridgehead atoms. The van der Waals surface area contributed by atoms with Gasteiger partial charge in [-0.05, 0) is 19.4 Å². The van der Waals surface area contributed by atoms with Crippen molar-refractivity contribution < 1.29 is 19.3 Å². The van der Waals surface area contributed by atoms with Gasteiger partial charge in [0.25, 0.3) is 0 Å². The number of aliphatic hydroxyl groups excluding tert-OH is 1. The van der Waals surface area contributed by atoms with Gasteiger partial charge >= 0.3 is 0 Å². The van der Waals surface area contributed by atoms with Crippen molar-refractivity contribution in [3.8, 4) is 17.2 Å². The predicted molar refractivity (Wildman–Crippen MR) is 88.4 cm³/mol. The van der Waals surface area contributed by atoms with Gasteiger partial charge in [-0.2, -0.15) is 0 Å². The Hall–Kier alpha value is -2.20. The number of methoxy groups -OCH3 is 2. The summed E-state index contributed by atoms with van der Waals surface area (Å²) in [6.45, 7) is 3.88. The molecule has 4 nitrogen and oxygen atoms in total. The molecular weight excluding hydrogens is 292 g/mol. The molecule has 0 saturated carbocycles. The normalized spacial score (nSPS) is 19.7. The van der Waals surface area contributed by atoms with Crippen LogP contribution in [0.15, 0.2) is 30.3 Å². The van der Waals surface area contributed by atoms with E-state index >= 15 is 0 Å². The molecule has 0 aliphatic carbocycles. The van der Waals surface area contributed by atoms with Crippen molar-refractivity contribution in [1.29, 1.82) is 0 Å². The summed E-state index contributed by atoms with van der Waals surface area (Å²) >= 11 is 0. The molecule has 0 amide bonds. The third-order valence-corrected chi connectivity index (χ3v) is 4.46. The SMILES string of the molecule is COc1c(C)c(OC)c2c(c1C)OC(c1ccccc1)CC2O. The molecule has 0 saturated heterocycles. The van der Waals surface area contributed by atoms with Crippen molar-refractivity contribution in [2.75, 3.05) is 14.2 Å². The predicted octanol–water partition coefficient (Wildman–Crippen LogP) is 3.88. The lowest BCUT2D eigenvalue weighted by atomic mass is 9.90. The molecular formula is C19H22O4. The maximum absolute atomic E-state index is 10.7. The summed E-state index contributed by atoms with van der Waals surface area (Å²) in [7, 11) is 3.24. The van der Waals surface area contributed by atoms with E-state index in [9.17, 15) is 5.11 Å². The summed E-state index contributed by atoms with van der Waals surface area (Å²) in [6.07, 6.45) is -0.324. The van der Waals surface area contributed by atoms with Crippen LogP contribution in [0.4, 0.5) is 0 Å². The van der Waals surface area contributed by atoms with E-state index in [4.69, 9.17) is 14.2 Å². The Morgan fingerprint density at radius 2 is 1.65 bits per heavy atom. The van der Waals surface area contributed by atoms with E-state index < -0.39 is 6.10 Å². The van der Waals surface area contributed by atoms with Gasteiger partial charge in [-0.15, -0.1) is 0 Å². The largest absolute Gasteiger partial charge is 0.496 e. The molecule has 122 valence electrons. The number of ether oxygens (including phenoxy) is 3. The summed E-state index contributed by atoms with van der Waals surface area (Å²) in [4.78, 5) is 0. The van der Waals surface area contributed by atoms with E-state index in [0.717, 1.165) is 28.0 Å². The highest BCUT2D eigenvalue weighted by Crippen LogP contribution is 2.51. The van der Waals surface area contributed by atoms with Crippen LogP contribution in [0.1, 0.15) is 40.9 Å². The molecule has 1 N–H and O–H groups in total. The maximum atomic E-state index is 10.7. The van der Waals surface area contributed by atoms with E-state index in [0.29, 0.717) is 17.9 Å². The molecule has 0 spiro atoms. The first-order valence-electron chi connectivity index (χ1n) is 7.73. The van der Waals surface area contributed by atoms with Crippen molar-refractivity contribution in [1.82, 2.24) is 0 Å². The fourth-order valence-electron chi connectivity index (χ4n) is 3.40. The average Bonchev–Trinajstić information content (AvgIpc) is 2.57. The van der Waals surface area contributed by atoms with Crippen molar-refractivity contribution in [2.24, 2.45) is 0 Å². The summed E-state index contributed by atoms with van der Waals surface area (Å²) < 4.78 is 17.3. The minimum Gasteiger partial charge on any atom is -0.496 e. The molecule has 2 atom stereocenters.